The minimum atomic E-state index is 0.148. The number of nitrogens with two attached hydrogens (primary N) is 1. The van der Waals surface area contributed by atoms with E-state index in [1.54, 1.807) is 23.0 Å². The number of amides is 1. The Balaban J connectivity index is 1.68. The zero-order chi connectivity index (χ0) is 15.7. The van der Waals surface area contributed by atoms with Crippen LogP contribution in [0.25, 0.3) is 0 Å². The number of nitrogen functional groups attached to an aromatic ring is 1. The molecule has 1 aliphatic rings. The highest BCUT2D eigenvalue weighted by Crippen LogP contribution is 2.35. The third-order valence-electron chi connectivity index (χ3n) is 4.00. The van der Waals surface area contributed by atoms with Gasteiger partial charge in [0.25, 0.3) is 0 Å². The van der Waals surface area contributed by atoms with E-state index in [0.29, 0.717) is 16.9 Å². The van der Waals surface area contributed by atoms with Crippen LogP contribution in [0.4, 0.5) is 5.95 Å². The van der Waals surface area contributed by atoms with Crippen molar-refractivity contribution in [2.45, 2.75) is 31.0 Å². The third kappa shape index (κ3) is 2.72. The molecule has 22 heavy (non-hydrogen) atoms. The molecule has 0 unspecified atom stereocenters. The van der Waals surface area contributed by atoms with E-state index in [-0.39, 0.29) is 11.9 Å². The summed E-state index contributed by atoms with van der Waals surface area (Å²) in [5.41, 5.74) is 6.98. The maximum atomic E-state index is 12.6. The molecule has 0 bridgehead atoms. The van der Waals surface area contributed by atoms with Gasteiger partial charge in [0.15, 0.2) is 5.16 Å². The Labute approximate surface area is 137 Å². The number of anilines is 1. The largest absolute Gasteiger partial charge is 0.368 e. The molecule has 2 aromatic rings. The van der Waals surface area contributed by atoms with Crippen molar-refractivity contribution in [3.8, 4) is 0 Å². The maximum Gasteiger partial charge on any atom is 0.233 e. The molecule has 6 nitrogen and oxygen atoms in total. The number of fused-ring (bicyclic) bond motifs is 1. The van der Waals surface area contributed by atoms with Crippen molar-refractivity contribution in [3.05, 3.63) is 21.9 Å². The van der Waals surface area contributed by atoms with Crippen LogP contribution in [0, 0.1) is 0 Å². The molecule has 0 fully saturated rings. The quantitative estimate of drug-likeness (QED) is 0.865. The topological polar surface area (TPSA) is 77.0 Å². The van der Waals surface area contributed by atoms with Gasteiger partial charge < -0.3 is 10.6 Å². The van der Waals surface area contributed by atoms with Gasteiger partial charge in [-0.15, -0.1) is 21.5 Å². The van der Waals surface area contributed by atoms with E-state index >= 15 is 0 Å². The summed E-state index contributed by atoms with van der Waals surface area (Å²) in [6, 6.07) is 2.36. The van der Waals surface area contributed by atoms with Crippen LogP contribution in [0.1, 0.15) is 29.8 Å². The number of hydrogen-bond acceptors (Lipinski definition) is 6. The second kappa shape index (κ2) is 6.29. The van der Waals surface area contributed by atoms with Gasteiger partial charge in [-0.25, -0.2) is 0 Å². The third-order valence-corrected chi connectivity index (χ3v) is 6.00. The Kier molecular flexibility index (Phi) is 4.39. The van der Waals surface area contributed by atoms with Crippen LogP contribution < -0.4 is 5.73 Å². The lowest BCUT2D eigenvalue weighted by molar-refractivity contribution is -0.131. The summed E-state index contributed by atoms with van der Waals surface area (Å²) in [5.74, 6) is 0.875. The highest BCUT2D eigenvalue weighted by molar-refractivity contribution is 7.99. The van der Waals surface area contributed by atoms with E-state index in [0.717, 1.165) is 19.4 Å². The van der Waals surface area contributed by atoms with Gasteiger partial charge in [-0.1, -0.05) is 18.7 Å². The van der Waals surface area contributed by atoms with Gasteiger partial charge in [0.2, 0.25) is 11.9 Å². The lowest BCUT2D eigenvalue weighted by atomic mass is 9.98. The SMILES string of the molecule is CC[C@H]1c2ccsc2CCN1C(=O)CSc1nnc(N)n1C. The molecule has 0 radical (unpaired) electrons. The van der Waals surface area contributed by atoms with Gasteiger partial charge in [-0.05, 0) is 29.9 Å². The second-order valence-electron chi connectivity index (χ2n) is 5.25. The average Bonchev–Trinajstić information content (AvgIpc) is 3.12. The van der Waals surface area contributed by atoms with Crippen LogP contribution in [0.2, 0.25) is 0 Å². The fourth-order valence-electron chi connectivity index (χ4n) is 2.80. The number of thiophene rings is 1. The lowest BCUT2D eigenvalue weighted by Crippen LogP contribution is -2.40. The summed E-state index contributed by atoms with van der Waals surface area (Å²) in [5, 5.41) is 10.6. The molecule has 3 rings (SSSR count). The predicted octanol–water partition coefficient (Wildman–Crippen LogP) is 2.09. The summed E-state index contributed by atoms with van der Waals surface area (Å²) >= 11 is 3.18. The number of aromatic nitrogens is 3. The van der Waals surface area contributed by atoms with Crippen LogP contribution in [0.3, 0.4) is 0 Å². The van der Waals surface area contributed by atoms with E-state index in [2.05, 4.69) is 28.6 Å². The zero-order valence-corrected chi connectivity index (χ0v) is 14.3. The molecule has 2 aromatic heterocycles. The monoisotopic (exact) mass is 337 g/mol. The summed E-state index contributed by atoms with van der Waals surface area (Å²) < 4.78 is 1.70. The van der Waals surface area contributed by atoms with E-state index in [1.807, 2.05) is 4.90 Å². The Bertz CT molecular complexity index is 681. The molecule has 1 atom stereocenters. The molecule has 0 saturated heterocycles. The van der Waals surface area contributed by atoms with Crippen molar-refractivity contribution in [1.29, 1.82) is 0 Å². The van der Waals surface area contributed by atoms with E-state index < -0.39 is 0 Å². The van der Waals surface area contributed by atoms with Gasteiger partial charge in [0, 0.05) is 18.5 Å². The number of thioether (sulfide) groups is 1. The standard InChI is InChI=1S/C14H19N5OS2/c1-3-10-9-5-7-21-11(9)4-6-19(10)12(20)8-22-14-17-16-13(15)18(14)2/h5,7,10H,3-4,6,8H2,1-2H3,(H2,15,16)/t10-/m0/s1. The van der Waals surface area contributed by atoms with Crippen molar-refractivity contribution in [1.82, 2.24) is 19.7 Å². The molecule has 1 aliphatic heterocycles. The van der Waals surface area contributed by atoms with Crippen LogP contribution in [0.15, 0.2) is 16.6 Å². The minimum absolute atomic E-state index is 0.148. The van der Waals surface area contributed by atoms with Crippen molar-refractivity contribution in [2.75, 3.05) is 18.0 Å². The van der Waals surface area contributed by atoms with Gasteiger partial charge in [-0.2, -0.15) is 0 Å². The minimum Gasteiger partial charge on any atom is -0.368 e. The summed E-state index contributed by atoms with van der Waals surface area (Å²) in [6.45, 7) is 2.93. The van der Waals surface area contributed by atoms with Crippen LogP contribution >= 0.6 is 23.1 Å². The van der Waals surface area contributed by atoms with Crippen LogP contribution in [-0.4, -0.2) is 37.9 Å². The molecule has 0 saturated carbocycles. The summed E-state index contributed by atoms with van der Waals surface area (Å²) in [6.07, 6.45) is 1.90. The molecule has 0 aliphatic carbocycles. The molecule has 0 aromatic carbocycles. The zero-order valence-electron chi connectivity index (χ0n) is 12.7. The van der Waals surface area contributed by atoms with Gasteiger partial charge in [0.1, 0.15) is 0 Å². The first-order chi connectivity index (χ1) is 10.6. The lowest BCUT2D eigenvalue weighted by Gasteiger charge is -2.35. The van der Waals surface area contributed by atoms with Crippen LogP contribution in [0.5, 0.6) is 0 Å². The van der Waals surface area contributed by atoms with E-state index in [9.17, 15) is 4.79 Å². The van der Waals surface area contributed by atoms with Crippen molar-refractivity contribution in [2.24, 2.45) is 7.05 Å². The Morgan fingerprint density at radius 1 is 1.55 bits per heavy atom. The highest BCUT2D eigenvalue weighted by atomic mass is 32.2. The first-order valence-electron chi connectivity index (χ1n) is 7.25. The molecule has 3 heterocycles. The molecule has 2 N–H and O–H groups in total. The molecule has 1 amide bonds. The molecule has 8 heteroatoms. The van der Waals surface area contributed by atoms with Gasteiger partial charge >= 0.3 is 0 Å². The number of hydrogen-bond donors (Lipinski definition) is 1. The second-order valence-corrected chi connectivity index (χ2v) is 7.19. The molecular weight excluding hydrogens is 318 g/mol. The summed E-state index contributed by atoms with van der Waals surface area (Å²) in [7, 11) is 1.80. The van der Waals surface area contributed by atoms with Gasteiger partial charge in [-0.3, -0.25) is 9.36 Å². The molecular formula is C14H19N5OS2. The van der Waals surface area contributed by atoms with E-state index in [4.69, 9.17) is 5.73 Å². The number of nitrogens with zero attached hydrogens (tertiary/aromatic N) is 4. The van der Waals surface area contributed by atoms with Crippen molar-refractivity contribution >= 4 is 35.0 Å². The number of carbonyl (C=O) groups excluding carboxylic acids is 1. The molecule has 0 spiro atoms. The predicted molar refractivity (Wildman–Crippen MR) is 88.9 cm³/mol. The van der Waals surface area contributed by atoms with Crippen LogP contribution in [-0.2, 0) is 18.3 Å². The number of rotatable bonds is 4. The van der Waals surface area contributed by atoms with Gasteiger partial charge in [0.05, 0.1) is 11.8 Å². The maximum absolute atomic E-state index is 12.6. The smallest absolute Gasteiger partial charge is 0.233 e. The average molecular weight is 337 g/mol. The normalized spacial score (nSPS) is 17.5. The van der Waals surface area contributed by atoms with Crippen molar-refractivity contribution < 1.29 is 4.79 Å². The Morgan fingerprint density at radius 2 is 2.36 bits per heavy atom. The Morgan fingerprint density at radius 3 is 3.05 bits per heavy atom. The fourth-order valence-corrected chi connectivity index (χ4v) is 4.53. The Hall–Kier alpha value is -1.54. The van der Waals surface area contributed by atoms with E-state index in [1.165, 1.54) is 22.2 Å². The fraction of sp³-hybridized carbons (Fsp3) is 0.500. The first-order valence-corrected chi connectivity index (χ1v) is 9.11. The molecule has 118 valence electrons. The number of carbonyl (C=O) groups is 1. The highest BCUT2D eigenvalue weighted by Gasteiger charge is 2.30. The van der Waals surface area contributed by atoms with Crippen molar-refractivity contribution in [3.63, 3.8) is 0 Å². The summed E-state index contributed by atoms with van der Waals surface area (Å²) in [4.78, 5) is 16.0. The first kappa shape index (κ1) is 15.4.